The van der Waals surface area contributed by atoms with Crippen molar-refractivity contribution in [3.05, 3.63) is 114 Å². The highest BCUT2D eigenvalue weighted by molar-refractivity contribution is 7.80. The van der Waals surface area contributed by atoms with E-state index in [2.05, 4.69) is 112 Å². The van der Waals surface area contributed by atoms with Gasteiger partial charge in [-0.25, -0.2) is 19.6 Å². The highest BCUT2D eigenvalue weighted by atomic mass is 32.1. The minimum absolute atomic E-state index is 0.00600. The highest BCUT2D eigenvalue weighted by Crippen LogP contribution is 2.35. The molecular weight excluding hydrogens is 1400 g/mol. The number of amides is 7. The number of rotatable bonds is 35. The fourth-order valence-corrected chi connectivity index (χ4v) is 13.2. The fourth-order valence-electron chi connectivity index (χ4n) is 12.9. The molecule has 9 rings (SSSR count). The second kappa shape index (κ2) is 37.6. The summed E-state index contributed by atoms with van der Waals surface area (Å²) in [6, 6.07) is 23.9. The third kappa shape index (κ3) is 24.3. The topological polar surface area (TPSA) is 336 Å². The summed E-state index contributed by atoms with van der Waals surface area (Å²) in [6.07, 6.45) is -2.54. The van der Waals surface area contributed by atoms with Crippen molar-refractivity contribution in [3.63, 3.8) is 0 Å². The van der Waals surface area contributed by atoms with Gasteiger partial charge in [-0.2, -0.15) is 19.9 Å². The summed E-state index contributed by atoms with van der Waals surface area (Å²) >= 11 is 5.75. The van der Waals surface area contributed by atoms with Gasteiger partial charge in [0.15, 0.2) is 5.11 Å². The summed E-state index contributed by atoms with van der Waals surface area (Å²) in [6.45, 7) is 21.9. The van der Waals surface area contributed by atoms with Gasteiger partial charge in [0.2, 0.25) is 35.6 Å². The second-order valence-electron chi connectivity index (χ2n) is 28.1. The maximum Gasteiger partial charge on any atom is 0.573 e. The first kappa shape index (κ1) is 81.2. The molecule has 578 valence electrons. The number of hydrogen-bond donors (Lipinski definition) is 12. The number of aryl methyl sites for hydroxylation is 3. The average Bonchev–Trinajstić information content (AvgIpc) is 1.70. The van der Waals surface area contributed by atoms with Crippen molar-refractivity contribution in [2.45, 2.75) is 73.6 Å². The molecule has 3 aliphatic heterocycles. The Morgan fingerprint density at radius 1 is 0.505 bits per heavy atom. The summed E-state index contributed by atoms with van der Waals surface area (Å²) in [5.41, 5.74) is 2.53. The van der Waals surface area contributed by atoms with Crippen LogP contribution in [-0.4, -0.2) is 248 Å². The van der Waals surface area contributed by atoms with E-state index in [-0.39, 0.29) is 61.5 Å². The lowest BCUT2D eigenvalue weighted by atomic mass is 9.85. The number of ether oxygens (including phenoxy) is 1. The number of urea groups is 2. The molecule has 7 amide bonds. The second-order valence-corrected chi connectivity index (χ2v) is 28.5. The van der Waals surface area contributed by atoms with E-state index in [0.717, 1.165) is 67.4 Å². The Bertz CT molecular complexity index is 4000. The largest absolute Gasteiger partial charge is 0.573 e. The quantitative estimate of drug-likeness (QED) is 0.0171. The lowest BCUT2D eigenvalue weighted by molar-refractivity contribution is -0.274. The molecule has 6 heterocycles. The van der Waals surface area contributed by atoms with Gasteiger partial charge in [-0.15, -0.1) is 13.2 Å². The van der Waals surface area contributed by atoms with Crippen molar-refractivity contribution in [2.24, 2.45) is 16.2 Å². The molecule has 0 bridgehead atoms. The van der Waals surface area contributed by atoms with Gasteiger partial charge < -0.3 is 87.3 Å². The number of hydrogen-bond acceptors (Lipinski definition) is 22. The number of halogens is 3. The number of nitrogens with zero attached hydrogens (tertiary/aromatic N) is 12. The molecule has 0 saturated carbocycles. The minimum Gasteiger partial charge on any atom is -0.406 e. The van der Waals surface area contributed by atoms with Crippen LogP contribution < -0.4 is 73.4 Å². The van der Waals surface area contributed by atoms with Crippen molar-refractivity contribution < 1.29 is 41.9 Å². The molecule has 30 nitrogen and oxygen atoms in total. The van der Waals surface area contributed by atoms with Crippen LogP contribution in [-0.2, 0) is 20.8 Å². The van der Waals surface area contributed by atoms with Crippen LogP contribution in [0, 0.1) is 37.0 Å². The molecule has 3 saturated heterocycles. The molecule has 107 heavy (non-hydrogen) atoms. The maximum absolute atomic E-state index is 14.7. The third-order valence-corrected chi connectivity index (χ3v) is 19.6. The molecule has 0 radical (unpaired) electrons. The summed E-state index contributed by atoms with van der Waals surface area (Å²) in [4.78, 5) is 111. The number of carbonyl (C=O) groups is 5. The smallest absolute Gasteiger partial charge is 0.406 e. The van der Waals surface area contributed by atoms with Crippen LogP contribution in [0.4, 0.5) is 80.9 Å². The molecule has 3 aromatic carbocycles. The van der Waals surface area contributed by atoms with Crippen LogP contribution in [0.15, 0.2) is 91.0 Å². The predicted octanol–water partition coefficient (Wildman–Crippen LogP) is 7.57. The molecule has 0 spiro atoms. The Morgan fingerprint density at radius 3 is 1.38 bits per heavy atom. The van der Waals surface area contributed by atoms with Gasteiger partial charge in [-0.1, -0.05) is 56.2 Å². The normalized spacial score (nSPS) is 18.2. The zero-order valence-corrected chi connectivity index (χ0v) is 63.6. The molecule has 0 aliphatic carbocycles. The number of likely N-dealkylation sites (tertiary alicyclic amines) is 3. The van der Waals surface area contributed by atoms with E-state index < -0.39 is 40.4 Å². The van der Waals surface area contributed by atoms with Crippen molar-refractivity contribution in [3.8, 4) is 5.75 Å². The first-order chi connectivity index (χ1) is 51.1. The Balaban J connectivity index is 0.836. The molecule has 3 atom stereocenters. The summed E-state index contributed by atoms with van der Waals surface area (Å²) in [5, 5.41) is 37.4. The lowest BCUT2D eigenvalue weighted by Crippen LogP contribution is -2.49. The number of carbonyl (C=O) groups excluding carboxylic acids is 5. The highest BCUT2D eigenvalue weighted by Gasteiger charge is 2.47. The Kier molecular flexibility index (Phi) is 28.5. The van der Waals surface area contributed by atoms with E-state index >= 15 is 0 Å². The van der Waals surface area contributed by atoms with Crippen molar-refractivity contribution in [2.75, 3.05) is 205 Å². The zero-order chi connectivity index (χ0) is 76.9. The molecule has 3 aliphatic rings. The van der Waals surface area contributed by atoms with Crippen LogP contribution in [0.1, 0.15) is 62.5 Å². The van der Waals surface area contributed by atoms with E-state index in [4.69, 9.17) is 32.2 Å². The fraction of sp³-hybridized carbons (Fsp3) is 0.507. The number of alkyl halides is 3. The number of aromatic nitrogens is 6. The maximum atomic E-state index is 14.7. The molecule has 6 aromatic rings. The van der Waals surface area contributed by atoms with Gasteiger partial charge in [-0.3, -0.25) is 25.0 Å². The van der Waals surface area contributed by atoms with Crippen molar-refractivity contribution >= 4 is 105 Å². The van der Waals surface area contributed by atoms with Gasteiger partial charge in [0, 0.05) is 145 Å². The van der Waals surface area contributed by atoms with E-state index in [9.17, 15) is 37.1 Å². The van der Waals surface area contributed by atoms with Crippen LogP contribution in [0.25, 0.3) is 0 Å². The van der Waals surface area contributed by atoms with Crippen molar-refractivity contribution in [1.82, 2.24) is 70.4 Å². The van der Waals surface area contributed by atoms with Crippen LogP contribution >= 0.6 is 12.2 Å². The van der Waals surface area contributed by atoms with Gasteiger partial charge in [0.25, 0.3) is 0 Å². The first-order valence-electron chi connectivity index (χ1n) is 36.2. The third-order valence-electron chi connectivity index (χ3n) is 19.4. The summed E-state index contributed by atoms with van der Waals surface area (Å²) < 4.78 is 42.0. The Hall–Kier alpha value is -9.87. The summed E-state index contributed by atoms with van der Waals surface area (Å²) in [5.74, 6) is 1.19. The molecule has 3 fully saturated rings. The Morgan fingerprint density at radius 2 is 0.925 bits per heavy atom. The molecule has 12 N–H and O–H groups in total. The average molecular weight is 1500 g/mol. The van der Waals surface area contributed by atoms with Gasteiger partial charge in [0.05, 0.1) is 16.2 Å². The number of anilines is 10. The number of thiocarbonyl (C=S) groups is 1. The molecule has 3 unspecified atom stereocenters. The van der Waals surface area contributed by atoms with E-state index in [0.29, 0.717) is 137 Å². The SMILES string of the molecule is CCN1CCC(CNc2cc(C)nc(NC(=O)Nc3ccc(OC(F)(F)F)cc3)n2)(C(=O)NCCN(C)c2cc(NCC3(C(=O)NCCN(C)CCc4cc(NCC5(C(=O)NCCN(C)C)CCN(CC)C5)nc(NC(=S)Nc5ccc(C)cc5)n4)CCN(CC)C3)nc(NC(=O)Nc3ccc(C)cc3)n2)C1. The predicted molar refractivity (Wildman–Crippen MR) is 416 cm³/mol. The Labute approximate surface area is 629 Å². The zero-order valence-electron chi connectivity index (χ0n) is 62.8. The van der Waals surface area contributed by atoms with Crippen LogP contribution in [0.5, 0.6) is 5.75 Å². The van der Waals surface area contributed by atoms with E-state index in [1.54, 1.807) is 31.2 Å². The van der Waals surface area contributed by atoms with Crippen molar-refractivity contribution in [1.29, 1.82) is 0 Å². The molecule has 34 heteroatoms. The lowest BCUT2D eigenvalue weighted by Gasteiger charge is -2.30. The van der Waals surface area contributed by atoms with Crippen LogP contribution in [0.3, 0.4) is 0 Å². The number of nitrogens with one attached hydrogen (secondary N) is 12. The van der Waals surface area contributed by atoms with Gasteiger partial charge in [-0.05, 0) is 161 Å². The molecule has 3 aromatic heterocycles. The van der Waals surface area contributed by atoms with Gasteiger partial charge in [0.1, 0.15) is 29.0 Å². The van der Waals surface area contributed by atoms with E-state index in [1.807, 2.05) is 101 Å². The number of benzene rings is 3. The first-order valence-corrected chi connectivity index (χ1v) is 36.6. The monoisotopic (exact) mass is 1500 g/mol. The minimum atomic E-state index is -4.87. The van der Waals surface area contributed by atoms with E-state index in [1.165, 1.54) is 12.1 Å². The van der Waals surface area contributed by atoms with Crippen LogP contribution in [0.2, 0.25) is 0 Å². The number of likely N-dealkylation sites (N-methyl/N-ethyl adjacent to an activating group) is 3. The standard InChI is InChI=1S/C73H103F3N24O6S/c1-11-98-34-27-70(46-98,43-80-57-40-51(6)83-64(88-57)92-67(104)86-53-22-24-56(25-23-53)106-73(74,75)76)63(103)79-32-39-97(10)60-42-59(90-66(91-60)93-68(105)85-52-18-14-49(4)15-19-52)82-45-72(29-36-100(13-3)48-72)62(102)78-31-38-96(9)33-26-55-41-58(89-65(84-55)94-69(107)87-54-20-16-50(5)17-21-54)81-44-71(28-35-99(12-2)47-71)61(101)77-30-37-95(7)8/h14-25,40-42H,11-13,26-39,43-48H2,1-10H3,(H,77,101)(H,78,102)(H,79,103)(H3,80,83,86,88,92,104)(H3,81,84,87,89,94,107)(H3,82,85,90,91,93,105). The molecular formula is C73H103F3N24O6S. The van der Waals surface area contributed by atoms with Gasteiger partial charge >= 0.3 is 18.4 Å². The summed E-state index contributed by atoms with van der Waals surface area (Å²) in [7, 11) is 7.78.